The molecule has 0 radical (unpaired) electrons. The molecule has 0 spiro atoms. The average molecular weight is 464 g/mol. The second-order valence-electron chi connectivity index (χ2n) is 7.72. The van der Waals surface area contributed by atoms with Gasteiger partial charge in [-0.05, 0) is 43.2 Å². The van der Waals surface area contributed by atoms with Gasteiger partial charge < -0.3 is 20.5 Å². The van der Waals surface area contributed by atoms with E-state index < -0.39 is 11.0 Å². The Balaban J connectivity index is 1.76. The van der Waals surface area contributed by atoms with Gasteiger partial charge >= 0.3 is 0 Å². The summed E-state index contributed by atoms with van der Waals surface area (Å²) in [5, 5.41) is 31.1. The molecule has 1 aliphatic heterocycles. The number of carbonyl (C=O) groups excluding carboxylic acids is 1. The smallest absolute Gasteiger partial charge is 0.269 e. The molecular weight excluding hydrogens is 440 g/mol. The average Bonchev–Trinajstić information content (AvgIpc) is 3.24. The van der Waals surface area contributed by atoms with Gasteiger partial charge in [0.1, 0.15) is 11.8 Å². The van der Waals surface area contributed by atoms with E-state index in [0.717, 1.165) is 0 Å². The first-order chi connectivity index (χ1) is 16.4. The van der Waals surface area contributed by atoms with Crippen molar-refractivity contribution >= 4 is 23.2 Å². The number of aliphatic hydroxyl groups excluding tert-OH is 1. The maximum absolute atomic E-state index is 13.5. The number of carbonyl (C=O) groups is 1. The van der Waals surface area contributed by atoms with Gasteiger partial charge in [-0.25, -0.2) is 4.68 Å². The second kappa shape index (κ2) is 9.71. The quantitative estimate of drug-likeness (QED) is 0.341. The van der Waals surface area contributed by atoms with Crippen molar-refractivity contribution in [3.63, 3.8) is 0 Å². The third kappa shape index (κ3) is 4.59. The van der Waals surface area contributed by atoms with Crippen LogP contribution in [0.4, 0.5) is 17.3 Å². The molecule has 1 aromatic heterocycles. The number of hydrogen-bond acceptors (Lipinski definition) is 8. The Labute approximate surface area is 195 Å². The molecule has 0 saturated carbocycles. The molecule has 2 heterocycles. The number of aryl methyl sites for hydroxylation is 1. The van der Waals surface area contributed by atoms with Crippen LogP contribution in [0, 0.1) is 10.1 Å². The number of nitrogens with one attached hydrogen (secondary N) is 2. The van der Waals surface area contributed by atoms with E-state index in [1.165, 1.54) is 12.1 Å². The molecule has 11 heteroatoms. The summed E-state index contributed by atoms with van der Waals surface area (Å²) in [6.45, 7) is 1.75. The number of hydrogen-bond donors (Lipinski definition) is 3. The Kier molecular flexibility index (Phi) is 6.55. The zero-order valence-electron chi connectivity index (χ0n) is 18.7. The van der Waals surface area contributed by atoms with Gasteiger partial charge in [-0.1, -0.05) is 12.1 Å². The minimum Gasteiger partial charge on any atom is -0.497 e. The number of fused-ring (bicyclic) bond motifs is 1. The maximum atomic E-state index is 13.5. The topological polar surface area (TPSA) is 144 Å². The summed E-state index contributed by atoms with van der Waals surface area (Å²) in [4.78, 5) is 28.9. The number of anilines is 2. The third-order valence-corrected chi connectivity index (χ3v) is 5.44. The normalized spacial score (nSPS) is 14.9. The van der Waals surface area contributed by atoms with E-state index in [1.807, 2.05) is 0 Å². The summed E-state index contributed by atoms with van der Waals surface area (Å²) < 4.78 is 6.72. The van der Waals surface area contributed by atoms with Crippen LogP contribution in [-0.2, 0) is 11.2 Å². The van der Waals surface area contributed by atoms with Crippen LogP contribution in [0.2, 0.25) is 0 Å². The van der Waals surface area contributed by atoms with Gasteiger partial charge in [0.15, 0.2) is 5.82 Å². The number of aliphatic hydroxyl groups is 1. The SMILES string of the molecule is COc1ccc(NC(=O)C2=C(C)Nc3nc(CCCO)nn3[C@H]2c2cccc([N+](=O)[O-])c2)cc1. The van der Waals surface area contributed by atoms with Crippen molar-refractivity contribution in [1.82, 2.24) is 14.8 Å². The summed E-state index contributed by atoms with van der Waals surface area (Å²) in [6.07, 6.45) is 0.939. The number of amides is 1. The van der Waals surface area contributed by atoms with Crippen molar-refractivity contribution in [2.24, 2.45) is 0 Å². The van der Waals surface area contributed by atoms with E-state index >= 15 is 0 Å². The van der Waals surface area contributed by atoms with Crippen molar-refractivity contribution in [3.05, 3.63) is 81.3 Å². The summed E-state index contributed by atoms with van der Waals surface area (Å²) >= 11 is 0. The Morgan fingerprint density at radius 1 is 1.29 bits per heavy atom. The number of benzene rings is 2. The Bertz CT molecular complexity index is 1250. The Morgan fingerprint density at radius 3 is 2.74 bits per heavy atom. The largest absolute Gasteiger partial charge is 0.497 e. The summed E-state index contributed by atoms with van der Waals surface area (Å²) in [5.41, 5.74) is 1.90. The van der Waals surface area contributed by atoms with Gasteiger partial charge in [0.25, 0.3) is 11.6 Å². The van der Waals surface area contributed by atoms with Gasteiger partial charge in [-0.2, -0.15) is 10.1 Å². The molecule has 1 atom stereocenters. The fourth-order valence-corrected chi connectivity index (χ4v) is 3.82. The van der Waals surface area contributed by atoms with Gasteiger partial charge in [0.05, 0.1) is 17.6 Å². The number of nitro benzene ring substituents is 1. The van der Waals surface area contributed by atoms with E-state index in [9.17, 15) is 14.9 Å². The fourth-order valence-electron chi connectivity index (χ4n) is 3.82. The molecular formula is C23H24N6O5. The van der Waals surface area contributed by atoms with Crippen LogP contribution in [0.3, 0.4) is 0 Å². The molecule has 3 aromatic rings. The molecule has 2 aromatic carbocycles. The fraction of sp³-hybridized carbons (Fsp3) is 0.261. The monoisotopic (exact) mass is 464 g/mol. The number of non-ortho nitro benzene ring substituents is 1. The maximum Gasteiger partial charge on any atom is 0.269 e. The Hall–Kier alpha value is -4.25. The van der Waals surface area contributed by atoms with Crippen LogP contribution >= 0.6 is 0 Å². The van der Waals surface area contributed by atoms with Crippen LogP contribution in [0.1, 0.15) is 30.8 Å². The Morgan fingerprint density at radius 2 is 2.06 bits per heavy atom. The molecule has 34 heavy (non-hydrogen) atoms. The highest BCUT2D eigenvalue weighted by Gasteiger charge is 2.35. The lowest BCUT2D eigenvalue weighted by molar-refractivity contribution is -0.384. The lowest BCUT2D eigenvalue weighted by atomic mass is 9.94. The van der Waals surface area contributed by atoms with Crippen molar-refractivity contribution < 1.29 is 19.6 Å². The van der Waals surface area contributed by atoms with Crippen LogP contribution in [0.5, 0.6) is 5.75 Å². The van der Waals surface area contributed by atoms with Crippen LogP contribution in [-0.4, -0.2) is 44.4 Å². The number of rotatable bonds is 8. The molecule has 11 nitrogen and oxygen atoms in total. The number of nitrogens with zero attached hydrogens (tertiary/aromatic N) is 4. The minimum atomic E-state index is -0.746. The number of ether oxygens (including phenoxy) is 1. The first-order valence-corrected chi connectivity index (χ1v) is 10.6. The molecule has 0 unspecified atom stereocenters. The van der Waals surface area contributed by atoms with E-state index in [0.29, 0.717) is 52.9 Å². The molecule has 4 rings (SSSR count). The van der Waals surface area contributed by atoms with Gasteiger partial charge in [-0.3, -0.25) is 14.9 Å². The zero-order chi connectivity index (χ0) is 24.2. The van der Waals surface area contributed by atoms with Crippen molar-refractivity contribution in [3.8, 4) is 5.75 Å². The van der Waals surface area contributed by atoms with Gasteiger partial charge in [0, 0.05) is 36.5 Å². The predicted molar refractivity (Wildman–Crippen MR) is 125 cm³/mol. The minimum absolute atomic E-state index is 0.00158. The molecule has 0 fully saturated rings. The van der Waals surface area contributed by atoms with E-state index in [4.69, 9.17) is 9.84 Å². The number of nitro groups is 1. The summed E-state index contributed by atoms with van der Waals surface area (Å²) in [7, 11) is 1.56. The highest BCUT2D eigenvalue weighted by Crippen LogP contribution is 2.37. The highest BCUT2D eigenvalue weighted by atomic mass is 16.6. The van der Waals surface area contributed by atoms with Gasteiger partial charge in [-0.15, -0.1) is 0 Å². The summed E-state index contributed by atoms with van der Waals surface area (Å²) in [5.74, 6) is 1.19. The lowest BCUT2D eigenvalue weighted by Crippen LogP contribution is -2.31. The van der Waals surface area contributed by atoms with Crippen molar-refractivity contribution in [1.29, 1.82) is 0 Å². The van der Waals surface area contributed by atoms with Crippen LogP contribution in [0.25, 0.3) is 0 Å². The third-order valence-electron chi connectivity index (χ3n) is 5.44. The molecule has 1 aliphatic rings. The highest BCUT2D eigenvalue weighted by molar-refractivity contribution is 6.06. The molecule has 0 bridgehead atoms. The molecule has 176 valence electrons. The van der Waals surface area contributed by atoms with E-state index in [1.54, 1.807) is 55.1 Å². The molecule has 0 aliphatic carbocycles. The van der Waals surface area contributed by atoms with Crippen LogP contribution < -0.4 is 15.4 Å². The standard InChI is InChI=1S/C23H24N6O5/c1-14-20(22(31)25-16-8-10-18(34-2)11-9-16)21(15-5-3-6-17(13-15)29(32)33)28-23(24-14)26-19(27-28)7-4-12-30/h3,5-6,8-11,13,21,30H,4,7,12H2,1-2H3,(H,25,31)(H,24,26,27)/t21-/m0/s1. The number of methoxy groups -OCH3 is 1. The van der Waals surface area contributed by atoms with Crippen molar-refractivity contribution in [2.45, 2.75) is 25.8 Å². The first kappa shape index (κ1) is 22.9. The second-order valence-corrected chi connectivity index (χ2v) is 7.72. The van der Waals surface area contributed by atoms with Crippen LogP contribution in [0.15, 0.2) is 59.8 Å². The number of aromatic nitrogens is 3. The summed E-state index contributed by atoms with van der Waals surface area (Å²) in [6, 6.07) is 12.3. The van der Waals surface area contributed by atoms with E-state index in [-0.39, 0.29) is 18.2 Å². The zero-order valence-corrected chi connectivity index (χ0v) is 18.7. The van der Waals surface area contributed by atoms with Gasteiger partial charge in [0.2, 0.25) is 5.95 Å². The molecule has 3 N–H and O–H groups in total. The first-order valence-electron chi connectivity index (χ1n) is 10.6. The predicted octanol–water partition coefficient (Wildman–Crippen LogP) is 3.05. The number of allylic oxidation sites excluding steroid dienone is 1. The lowest BCUT2D eigenvalue weighted by Gasteiger charge is -2.28. The van der Waals surface area contributed by atoms with Crippen molar-refractivity contribution in [2.75, 3.05) is 24.4 Å². The molecule has 1 amide bonds. The van der Waals surface area contributed by atoms with E-state index in [2.05, 4.69) is 20.7 Å². The molecule has 0 saturated heterocycles.